The first-order valence-electron chi connectivity index (χ1n) is 6.56. The van der Waals surface area contributed by atoms with Crippen molar-refractivity contribution in [2.75, 3.05) is 19.7 Å². The van der Waals surface area contributed by atoms with Crippen molar-refractivity contribution in [2.45, 2.75) is 26.1 Å². The summed E-state index contributed by atoms with van der Waals surface area (Å²) in [6, 6.07) is 6.06. The van der Waals surface area contributed by atoms with Crippen LogP contribution in [0.4, 0.5) is 8.78 Å². The van der Waals surface area contributed by atoms with E-state index in [1.165, 1.54) is 12.1 Å². The standard InChI is InChI=1S/C14H17F2NO3/c1-2-10-9-17(7-8-19-10)13(18)11-5-3-4-6-12(11)20-14(15)16/h3-6,10,14H,2,7-9H2,1H3/t10-/m1/s1. The van der Waals surface area contributed by atoms with E-state index in [1.54, 1.807) is 17.0 Å². The van der Waals surface area contributed by atoms with Gasteiger partial charge in [0.1, 0.15) is 5.75 Å². The lowest BCUT2D eigenvalue weighted by Crippen LogP contribution is -2.45. The highest BCUT2D eigenvalue weighted by molar-refractivity contribution is 5.97. The summed E-state index contributed by atoms with van der Waals surface area (Å²) in [5.74, 6) is -0.393. The third-order valence-corrected chi connectivity index (χ3v) is 3.21. The quantitative estimate of drug-likeness (QED) is 0.853. The summed E-state index contributed by atoms with van der Waals surface area (Å²) in [5.41, 5.74) is 0.157. The number of amides is 1. The first-order valence-corrected chi connectivity index (χ1v) is 6.56. The molecule has 0 N–H and O–H groups in total. The van der Waals surface area contributed by atoms with Crippen LogP contribution in [0.2, 0.25) is 0 Å². The van der Waals surface area contributed by atoms with Gasteiger partial charge in [0.05, 0.1) is 18.3 Å². The molecule has 1 aliphatic rings. The van der Waals surface area contributed by atoms with Crippen LogP contribution in [0.3, 0.4) is 0 Å². The summed E-state index contributed by atoms with van der Waals surface area (Å²) in [7, 11) is 0. The molecule has 1 aliphatic heterocycles. The van der Waals surface area contributed by atoms with Gasteiger partial charge in [-0.15, -0.1) is 0 Å². The van der Waals surface area contributed by atoms with Gasteiger partial charge in [0.2, 0.25) is 0 Å². The Balaban J connectivity index is 2.16. The van der Waals surface area contributed by atoms with Gasteiger partial charge in [-0.2, -0.15) is 8.78 Å². The highest BCUT2D eigenvalue weighted by atomic mass is 19.3. The number of halogens is 2. The third kappa shape index (κ3) is 3.45. The summed E-state index contributed by atoms with van der Waals surface area (Å²) in [6.07, 6.45) is 0.801. The number of ether oxygens (including phenoxy) is 2. The first kappa shape index (κ1) is 14.7. The van der Waals surface area contributed by atoms with E-state index in [2.05, 4.69) is 4.74 Å². The normalized spacial score (nSPS) is 19.2. The number of nitrogens with zero attached hydrogens (tertiary/aromatic N) is 1. The molecule has 6 heteroatoms. The minimum absolute atomic E-state index is 0.00382. The molecular formula is C14H17F2NO3. The van der Waals surface area contributed by atoms with Crippen LogP contribution in [-0.4, -0.2) is 43.2 Å². The van der Waals surface area contributed by atoms with Crippen molar-refractivity contribution >= 4 is 5.91 Å². The molecule has 0 bridgehead atoms. The van der Waals surface area contributed by atoms with E-state index >= 15 is 0 Å². The Labute approximate surface area is 116 Å². The summed E-state index contributed by atoms with van der Waals surface area (Å²) < 4.78 is 34.6. The van der Waals surface area contributed by atoms with Crippen molar-refractivity contribution in [2.24, 2.45) is 0 Å². The van der Waals surface area contributed by atoms with Crippen LogP contribution < -0.4 is 4.74 Å². The van der Waals surface area contributed by atoms with Crippen LogP contribution in [0.25, 0.3) is 0 Å². The molecule has 1 aromatic rings. The van der Waals surface area contributed by atoms with Crippen LogP contribution in [0, 0.1) is 0 Å². The smallest absolute Gasteiger partial charge is 0.387 e. The van der Waals surface area contributed by atoms with Gasteiger partial charge < -0.3 is 14.4 Å². The molecule has 0 unspecified atom stereocenters. The number of hydrogen-bond donors (Lipinski definition) is 0. The zero-order chi connectivity index (χ0) is 14.5. The molecule has 1 atom stereocenters. The second kappa shape index (κ2) is 6.65. The topological polar surface area (TPSA) is 38.8 Å². The summed E-state index contributed by atoms with van der Waals surface area (Å²) in [6.45, 7) is 0.419. The lowest BCUT2D eigenvalue weighted by molar-refractivity contribution is -0.0508. The van der Waals surface area contributed by atoms with Crippen LogP contribution in [0.15, 0.2) is 24.3 Å². The van der Waals surface area contributed by atoms with E-state index in [1.807, 2.05) is 6.92 Å². The molecule has 0 aliphatic carbocycles. The molecule has 1 aromatic carbocycles. The molecular weight excluding hydrogens is 268 g/mol. The highest BCUT2D eigenvalue weighted by Crippen LogP contribution is 2.23. The fraction of sp³-hybridized carbons (Fsp3) is 0.500. The van der Waals surface area contributed by atoms with Crippen molar-refractivity contribution in [1.29, 1.82) is 0 Å². The van der Waals surface area contributed by atoms with Gasteiger partial charge in [0.25, 0.3) is 5.91 Å². The van der Waals surface area contributed by atoms with Crippen molar-refractivity contribution in [3.05, 3.63) is 29.8 Å². The molecule has 1 fully saturated rings. The first-order chi connectivity index (χ1) is 9.61. The third-order valence-electron chi connectivity index (χ3n) is 3.21. The van der Waals surface area contributed by atoms with Crippen LogP contribution in [-0.2, 0) is 4.74 Å². The van der Waals surface area contributed by atoms with Crippen LogP contribution >= 0.6 is 0 Å². The number of morpholine rings is 1. The summed E-state index contributed by atoms with van der Waals surface area (Å²) >= 11 is 0. The van der Waals surface area contributed by atoms with Crippen molar-refractivity contribution in [3.8, 4) is 5.75 Å². The molecule has 4 nitrogen and oxygen atoms in total. The summed E-state index contributed by atoms with van der Waals surface area (Å²) in [5, 5.41) is 0. The number of carbonyl (C=O) groups is 1. The number of benzene rings is 1. The molecule has 110 valence electrons. The maximum Gasteiger partial charge on any atom is 0.387 e. The molecule has 1 amide bonds. The van der Waals surface area contributed by atoms with E-state index in [4.69, 9.17) is 4.74 Å². The Kier molecular flexibility index (Phi) is 4.89. The fourth-order valence-corrected chi connectivity index (χ4v) is 2.16. The number of hydrogen-bond acceptors (Lipinski definition) is 3. The Morgan fingerprint density at radius 2 is 2.25 bits per heavy atom. The number of alkyl halides is 2. The monoisotopic (exact) mass is 285 g/mol. The number of rotatable bonds is 4. The minimum atomic E-state index is -2.95. The molecule has 0 saturated carbocycles. The van der Waals surface area contributed by atoms with Gasteiger partial charge in [-0.05, 0) is 18.6 Å². The second-order valence-electron chi connectivity index (χ2n) is 4.53. The van der Waals surface area contributed by atoms with E-state index in [9.17, 15) is 13.6 Å². The van der Waals surface area contributed by atoms with Gasteiger partial charge in [-0.25, -0.2) is 0 Å². The summed E-state index contributed by atoms with van der Waals surface area (Å²) in [4.78, 5) is 14.0. The van der Waals surface area contributed by atoms with Gasteiger partial charge in [0, 0.05) is 13.1 Å². The number of para-hydroxylation sites is 1. The average Bonchev–Trinajstić information content (AvgIpc) is 2.46. The van der Waals surface area contributed by atoms with E-state index in [0.717, 1.165) is 6.42 Å². The maximum absolute atomic E-state index is 12.4. The van der Waals surface area contributed by atoms with Crippen molar-refractivity contribution < 1.29 is 23.0 Å². The van der Waals surface area contributed by atoms with E-state index in [0.29, 0.717) is 19.7 Å². The van der Waals surface area contributed by atoms with Gasteiger partial charge >= 0.3 is 6.61 Å². The largest absolute Gasteiger partial charge is 0.434 e. The molecule has 1 heterocycles. The van der Waals surface area contributed by atoms with Gasteiger partial charge in [0.15, 0.2) is 0 Å². The highest BCUT2D eigenvalue weighted by Gasteiger charge is 2.26. The second-order valence-corrected chi connectivity index (χ2v) is 4.53. The molecule has 0 spiro atoms. The SMILES string of the molecule is CC[C@@H]1CN(C(=O)c2ccccc2OC(F)F)CCO1. The minimum Gasteiger partial charge on any atom is -0.434 e. The zero-order valence-corrected chi connectivity index (χ0v) is 11.2. The van der Waals surface area contributed by atoms with Crippen molar-refractivity contribution in [3.63, 3.8) is 0 Å². The Hall–Kier alpha value is -1.69. The van der Waals surface area contributed by atoms with Crippen LogP contribution in [0.1, 0.15) is 23.7 Å². The molecule has 0 radical (unpaired) electrons. The Morgan fingerprint density at radius 1 is 1.50 bits per heavy atom. The zero-order valence-electron chi connectivity index (χ0n) is 11.2. The predicted molar refractivity (Wildman–Crippen MR) is 69.0 cm³/mol. The van der Waals surface area contributed by atoms with Crippen LogP contribution in [0.5, 0.6) is 5.75 Å². The lowest BCUT2D eigenvalue weighted by atomic mass is 10.1. The van der Waals surface area contributed by atoms with E-state index in [-0.39, 0.29) is 23.3 Å². The van der Waals surface area contributed by atoms with Crippen molar-refractivity contribution in [1.82, 2.24) is 4.90 Å². The Bertz CT molecular complexity index is 467. The van der Waals surface area contributed by atoms with E-state index < -0.39 is 6.61 Å². The maximum atomic E-state index is 12.4. The Morgan fingerprint density at radius 3 is 2.95 bits per heavy atom. The molecule has 20 heavy (non-hydrogen) atoms. The lowest BCUT2D eigenvalue weighted by Gasteiger charge is -2.32. The molecule has 2 rings (SSSR count). The molecule has 1 saturated heterocycles. The van der Waals surface area contributed by atoms with Gasteiger partial charge in [-0.3, -0.25) is 4.79 Å². The fourth-order valence-electron chi connectivity index (χ4n) is 2.16. The number of carbonyl (C=O) groups excluding carboxylic acids is 1. The average molecular weight is 285 g/mol. The predicted octanol–water partition coefficient (Wildman–Crippen LogP) is 2.54. The van der Waals surface area contributed by atoms with Gasteiger partial charge in [-0.1, -0.05) is 19.1 Å². The molecule has 0 aromatic heterocycles.